The lowest BCUT2D eigenvalue weighted by molar-refractivity contribution is 0.0376. The molecular weight excluding hydrogens is 351 g/mol. The largest absolute Gasteiger partial charge is 0.379 e. The Bertz CT molecular complexity index is 224. The molecule has 1 unspecified atom stereocenters. The van der Waals surface area contributed by atoms with Crippen molar-refractivity contribution in [1.82, 2.24) is 21.1 Å². The van der Waals surface area contributed by atoms with E-state index in [1.807, 2.05) is 0 Å². The number of halogens is 1. The van der Waals surface area contributed by atoms with Crippen molar-refractivity contribution in [1.29, 1.82) is 0 Å². The van der Waals surface area contributed by atoms with E-state index in [9.17, 15) is 0 Å². The van der Waals surface area contributed by atoms with Crippen molar-refractivity contribution < 1.29 is 4.74 Å². The van der Waals surface area contributed by atoms with Gasteiger partial charge in [0, 0.05) is 19.6 Å². The molecule has 1 rings (SSSR count). The molecule has 1 heterocycles. The maximum atomic E-state index is 5.30. The van der Waals surface area contributed by atoms with Gasteiger partial charge in [0.2, 0.25) is 0 Å². The summed E-state index contributed by atoms with van der Waals surface area (Å²) in [6, 6.07) is 0. The summed E-state index contributed by atoms with van der Waals surface area (Å²) in [6.45, 7) is 7.90. The fourth-order valence-electron chi connectivity index (χ4n) is 1.54. The summed E-state index contributed by atoms with van der Waals surface area (Å²) >= 11 is 7.39. The zero-order chi connectivity index (χ0) is 12.5. The fraction of sp³-hybridized carbons (Fsp3) is 0.900. The second kappa shape index (κ2) is 9.26. The molecule has 17 heavy (non-hydrogen) atoms. The van der Waals surface area contributed by atoms with Gasteiger partial charge in [-0.2, -0.15) is 0 Å². The van der Waals surface area contributed by atoms with E-state index >= 15 is 0 Å². The first-order chi connectivity index (χ1) is 8.18. The Kier molecular flexibility index (Phi) is 8.36. The van der Waals surface area contributed by atoms with Crippen LogP contribution in [0.5, 0.6) is 0 Å². The highest BCUT2D eigenvalue weighted by Crippen LogP contribution is 1.97. The SMILES string of the molecule is CC(I)NNC(=S)NCCCN1CCOCC1. The number of rotatable bonds is 6. The second-order valence-corrected chi connectivity index (χ2v) is 6.23. The summed E-state index contributed by atoms with van der Waals surface area (Å²) in [7, 11) is 0. The van der Waals surface area contributed by atoms with Crippen molar-refractivity contribution in [2.75, 3.05) is 39.4 Å². The highest BCUT2D eigenvalue weighted by atomic mass is 127. The molecule has 100 valence electrons. The van der Waals surface area contributed by atoms with Gasteiger partial charge in [-0.25, -0.2) is 5.43 Å². The van der Waals surface area contributed by atoms with Gasteiger partial charge in [-0.3, -0.25) is 10.3 Å². The normalized spacial score (nSPS) is 18.7. The lowest BCUT2D eigenvalue weighted by atomic mass is 10.3. The first-order valence-electron chi connectivity index (χ1n) is 5.92. The predicted octanol–water partition coefficient (Wildman–Crippen LogP) is 0.458. The maximum absolute atomic E-state index is 5.30. The van der Waals surface area contributed by atoms with Crippen LogP contribution in [0.2, 0.25) is 0 Å². The molecule has 0 aliphatic carbocycles. The van der Waals surface area contributed by atoms with Crippen LogP contribution in [0.3, 0.4) is 0 Å². The minimum Gasteiger partial charge on any atom is -0.379 e. The molecule has 0 aromatic carbocycles. The summed E-state index contributed by atoms with van der Waals surface area (Å²) in [5.74, 6) is 0. The quantitative estimate of drug-likeness (QED) is 0.157. The zero-order valence-electron chi connectivity index (χ0n) is 10.2. The minimum absolute atomic E-state index is 0.348. The highest BCUT2D eigenvalue weighted by molar-refractivity contribution is 14.1. The van der Waals surface area contributed by atoms with E-state index in [-0.39, 0.29) is 0 Å². The molecule has 7 heteroatoms. The maximum Gasteiger partial charge on any atom is 0.180 e. The van der Waals surface area contributed by atoms with Gasteiger partial charge in [-0.05, 0) is 32.1 Å². The van der Waals surface area contributed by atoms with Crippen molar-refractivity contribution in [2.24, 2.45) is 0 Å². The average molecular weight is 372 g/mol. The Balaban J connectivity index is 1.94. The van der Waals surface area contributed by atoms with Gasteiger partial charge >= 0.3 is 0 Å². The van der Waals surface area contributed by atoms with Crippen molar-refractivity contribution >= 4 is 39.9 Å². The van der Waals surface area contributed by atoms with Crippen molar-refractivity contribution in [3.05, 3.63) is 0 Å². The molecule has 0 aromatic rings. The van der Waals surface area contributed by atoms with Gasteiger partial charge in [0.25, 0.3) is 0 Å². The molecule has 3 N–H and O–H groups in total. The molecule has 1 fully saturated rings. The minimum atomic E-state index is 0.348. The van der Waals surface area contributed by atoms with Crippen LogP contribution in [0.15, 0.2) is 0 Å². The molecule has 0 radical (unpaired) electrons. The zero-order valence-corrected chi connectivity index (χ0v) is 13.1. The molecule has 0 amide bonds. The molecule has 1 aliphatic heterocycles. The van der Waals surface area contributed by atoms with Crippen LogP contribution in [0, 0.1) is 0 Å². The van der Waals surface area contributed by atoms with E-state index < -0.39 is 0 Å². The molecular formula is C10H21IN4OS. The van der Waals surface area contributed by atoms with Crippen LogP contribution in [0.4, 0.5) is 0 Å². The van der Waals surface area contributed by atoms with Gasteiger partial charge in [-0.1, -0.05) is 22.6 Å². The molecule has 0 spiro atoms. The number of ether oxygens (including phenoxy) is 1. The lowest BCUT2D eigenvalue weighted by Crippen LogP contribution is -2.46. The standard InChI is InChI=1S/C10H21IN4OS/c1-9(11)13-14-10(17)12-3-2-4-15-5-7-16-8-6-15/h9,13H,2-8H2,1H3,(H2,12,14,17). The monoisotopic (exact) mass is 372 g/mol. The summed E-state index contributed by atoms with van der Waals surface area (Å²) in [4.78, 5) is 2.42. The Labute approximate surface area is 122 Å². The summed E-state index contributed by atoms with van der Waals surface area (Å²) in [5, 5.41) is 3.84. The van der Waals surface area contributed by atoms with Crippen LogP contribution in [-0.4, -0.2) is 53.5 Å². The number of hydrogen-bond acceptors (Lipinski definition) is 4. The van der Waals surface area contributed by atoms with Gasteiger partial charge < -0.3 is 10.1 Å². The number of thiocarbonyl (C=S) groups is 1. The van der Waals surface area contributed by atoms with E-state index in [2.05, 4.69) is 50.6 Å². The van der Waals surface area contributed by atoms with E-state index in [1.165, 1.54) is 0 Å². The van der Waals surface area contributed by atoms with Gasteiger partial charge in [0.15, 0.2) is 5.11 Å². The van der Waals surface area contributed by atoms with Gasteiger partial charge in [0.1, 0.15) is 0 Å². The molecule has 5 nitrogen and oxygen atoms in total. The topological polar surface area (TPSA) is 48.6 Å². The Morgan fingerprint density at radius 2 is 2.18 bits per heavy atom. The van der Waals surface area contributed by atoms with E-state index in [0.717, 1.165) is 45.8 Å². The number of nitrogens with one attached hydrogen (secondary N) is 3. The molecule has 0 aromatic heterocycles. The highest BCUT2D eigenvalue weighted by Gasteiger charge is 2.08. The average Bonchev–Trinajstić information content (AvgIpc) is 2.33. The van der Waals surface area contributed by atoms with E-state index in [0.29, 0.717) is 9.16 Å². The molecule has 1 saturated heterocycles. The molecule has 0 bridgehead atoms. The Hall–Kier alpha value is 0.300. The summed E-state index contributed by atoms with van der Waals surface area (Å²) < 4.78 is 5.65. The smallest absolute Gasteiger partial charge is 0.180 e. The predicted molar refractivity (Wildman–Crippen MR) is 82.2 cm³/mol. The summed E-state index contributed by atoms with van der Waals surface area (Å²) in [6.07, 6.45) is 1.10. The first kappa shape index (κ1) is 15.4. The Morgan fingerprint density at radius 1 is 1.47 bits per heavy atom. The first-order valence-corrected chi connectivity index (χ1v) is 7.57. The van der Waals surface area contributed by atoms with Crippen LogP contribution < -0.4 is 16.2 Å². The number of nitrogens with zero attached hydrogens (tertiary/aromatic N) is 1. The number of alkyl halides is 1. The third-order valence-corrected chi connectivity index (χ3v) is 2.98. The van der Waals surface area contributed by atoms with Gasteiger partial charge in [-0.15, -0.1) is 0 Å². The Morgan fingerprint density at radius 3 is 2.82 bits per heavy atom. The van der Waals surface area contributed by atoms with Crippen molar-refractivity contribution in [3.8, 4) is 0 Å². The third-order valence-electron chi connectivity index (χ3n) is 2.42. The number of hydrogen-bond donors (Lipinski definition) is 3. The lowest BCUT2D eigenvalue weighted by Gasteiger charge is -2.26. The molecule has 1 atom stereocenters. The van der Waals surface area contributed by atoms with Crippen molar-refractivity contribution in [3.63, 3.8) is 0 Å². The molecule has 1 aliphatic rings. The second-order valence-electron chi connectivity index (χ2n) is 3.95. The fourth-order valence-corrected chi connectivity index (χ4v) is 1.86. The van der Waals surface area contributed by atoms with Crippen LogP contribution in [0.1, 0.15) is 13.3 Å². The van der Waals surface area contributed by atoms with Crippen LogP contribution in [-0.2, 0) is 4.74 Å². The van der Waals surface area contributed by atoms with E-state index in [4.69, 9.17) is 17.0 Å². The molecule has 0 saturated carbocycles. The van der Waals surface area contributed by atoms with Crippen LogP contribution >= 0.6 is 34.8 Å². The van der Waals surface area contributed by atoms with Crippen LogP contribution in [0.25, 0.3) is 0 Å². The number of hydrazine groups is 1. The number of morpholine rings is 1. The summed E-state index contributed by atoms with van der Waals surface area (Å²) in [5.41, 5.74) is 5.99. The van der Waals surface area contributed by atoms with Gasteiger partial charge in [0.05, 0.1) is 17.3 Å². The third kappa shape index (κ3) is 8.09. The van der Waals surface area contributed by atoms with Crippen molar-refractivity contribution in [2.45, 2.75) is 17.4 Å². The van der Waals surface area contributed by atoms with E-state index in [1.54, 1.807) is 0 Å².